The van der Waals surface area contributed by atoms with Gasteiger partial charge in [-0.05, 0) is 18.9 Å². The molecule has 1 rings (SSSR count). The summed E-state index contributed by atoms with van der Waals surface area (Å²) in [6, 6.07) is 1.95. The number of nitro groups is 1. The van der Waals surface area contributed by atoms with Crippen molar-refractivity contribution in [1.29, 1.82) is 0 Å². The third-order valence-corrected chi connectivity index (χ3v) is 2.97. The fourth-order valence-corrected chi connectivity index (χ4v) is 2.06. The van der Waals surface area contributed by atoms with Gasteiger partial charge in [-0.25, -0.2) is 9.18 Å². The van der Waals surface area contributed by atoms with Gasteiger partial charge in [-0.2, -0.15) is 0 Å². The second kappa shape index (κ2) is 7.01. The number of carbonyl (C=O) groups excluding carboxylic acids is 1. The normalized spacial score (nSPS) is 10.6. The number of methoxy groups -OCH3 is 1. The van der Waals surface area contributed by atoms with Crippen LogP contribution in [0.5, 0.6) is 0 Å². The molecule has 1 aromatic rings. The van der Waals surface area contributed by atoms with Gasteiger partial charge in [-0.3, -0.25) is 10.1 Å². The van der Waals surface area contributed by atoms with Crippen LogP contribution in [0, 0.1) is 21.8 Å². The SMILES string of the molecule is CCN(CC(C)C)c1cc(C(=O)OC)c(F)cc1[N+](=O)[O-]. The number of benzene rings is 1. The van der Waals surface area contributed by atoms with E-state index in [0.29, 0.717) is 13.1 Å². The lowest BCUT2D eigenvalue weighted by molar-refractivity contribution is -0.384. The van der Waals surface area contributed by atoms with Crippen molar-refractivity contribution in [2.24, 2.45) is 5.92 Å². The molecular formula is C14H19FN2O4. The number of halogens is 1. The Morgan fingerprint density at radius 2 is 2.10 bits per heavy atom. The predicted octanol–water partition coefficient (Wildman–Crippen LogP) is 3.00. The molecule has 0 unspecified atom stereocenters. The Balaban J connectivity index is 3.44. The number of hydrogen-bond acceptors (Lipinski definition) is 5. The highest BCUT2D eigenvalue weighted by atomic mass is 19.1. The summed E-state index contributed by atoms with van der Waals surface area (Å²) in [5, 5.41) is 11.1. The van der Waals surface area contributed by atoms with E-state index in [0.717, 1.165) is 13.2 Å². The largest absolute Gasteiger partial charge is 0.465 e. The molecular weight excluding hydrogens is 279 g/mol. The third-order valence-electron chi connectivity index (χ3n) is 2.97. The highest BCUT2D eigenvalue weighted by Crippen LogP contribution is 2.32. The maximum atomic E-state index is 13.8. The molecule has 0 saturated carbocycles. The number of nitro benzene ring substituents is 1. The summed E-state index contributed by atoms with van der Waals surface area (Å²) >= 11 is 0. The number of hydrogen-bond donors (Lipinski definition) is 0. The van der Waals surface area contributed by atoms with Crippen LogP contribution in [-0.4, -0.2) is 31.1 Å². The Hall–Kier alpha value is -2.18. The van der Waals surface area contributed by atoms with Gasteiger partial charge in [-0.15, -0.1) is 0 Å². The number of carbonyl (C=O) groups is 1. The van der Waals surface area contributed by atoms with Gasteiger partial charge in [0.05, 0.1) is 23.7 Å². The first-order chi connectivity index (χ1) is 9.81. The molecule has 0 heterocycles. The molecule has 0 aromatic heterocycles. The van der Waals surface area contributed by atoms with Crippen LogP contribution in [-0.2, 0) is 4.74 Å². The summed E-state index contributed by atoms with van der Waals surface area (Å²) in [5.41, 5.74) is -0.444. The minimum absolute atomic E-state index is 0.220. The minimum atomic E-state index is -0.960. The van der Waals surface area contributed by atoms with Crippen molar-refractivity contribution in [1.82, 2.24) is 0 Å². The monoisotopic (exact) mass is 298 g/mol. The molecule has 0 fully saturated rings. The van der Waals surface area contributed by atoms with Gasteiger partial charge in [0.15, 0.2) is 0 Å². The van der Waals surface area contributed by atoms with Gasteiger partial charge >= 0.3 is 5.97 Å². The van der Waals surface area contributed by atoms with Crippen LogP contribution in [0.15, 0.2) is 12.1 Å². The van der Waals surface area contributed by atoms with Gasteiger partial charge in [-0.1, -0.05) is 13.8 Å². The number of rotatable bonds is 6. The number of anilines is 1. The average Bonchev–Trinajstić information content (AvgIpc) is 2.43. The van der Waals surface area contributed by atoms with Crippen molar-refractivity contribution in [3.8, 4) is 0 Å². The van der Waals surface area contributed by atoms with Crippen LogP contribution in [0.2, 0.25) is 0 Å². The predicted molar refractivity (Wildman–Crippen MR) is 77.1 cm³/mol. The lowest BCUT2D eigenvalue weighted by Gasteiger charge is -2.25. The van der Waals surface area contributed by atoms with Crippen molar-refractivity contribution >= 4 is 17.3 Å². The minimum Gasteiger partial charge on any atom is -0.465 e. The van der Waals surface area contributed by atoms with Crippen LogP contribution in [0.1, 0.15) is 31.1 Å². The van der Waals surface area contributed by atoms with Crippen LogP contribution < -0.4 is 4.90 Å². The second-order valence-electron chi connectivity index (χ2n) is 5.00. The molecule has 6 nitrogen and oxygen atoms in total. The Labute approximate surface area is 122 Å². The molecule has 0 amide bonds. The Kier molecular flexibility index (Phi) is 5.63. The van der Waals surface area contributed by atoms with E-state index < -0.39 is 16.7 Å². The average molecular weight is 298 g/mol. The van der Waals surface area contributed by atoms with Crippen LogP contribution in [0.25, 0.3) is 0 Å². The topological polar surface area (TPSA) is 72.7 Å². The summed E-state index contributed by atoms with van der Waals surface area (Å²) in [6.45, 7) is 6.85. The highest BCUT2D eigenvalue weighted by Gasteiger charge is 2.25. The Morgan fingerprint density at radius 3 is 2.52 bits per heavy atom. The van der Waals surface area contributed by atoms with E-state index >= 15 is 0 Å². The molecule has 7 heteroatoms. The van der Waals surface area contributed by atoms with Gasteiger partial charge < -0.3 is 9.64 Å². The molecule has 0 radical (unpaired) electrons. The molecule has 0 atom stereocenters. The maximum Gasteiger partial charge on any atom is 0.340 e. The molecule has 0 aliphatic heterocycles. The van der Waals surface area contributed by atoms with Crippen LogP contribution >= 0.6 is 0 Å². The summed E-state index contributed by atoms with van der Waals surface area (Å²) in [5.74, 6) is -1.56. The zero-order valence-electron chi connectivity index (χ0n) is 12.6. The fraction of sp³-hybridized carbons (Fsp3) is 0.500. The zero-order valence-corrected chi connectivity index (χ0v) is 12.6. The number of nitrogens with zero attached hydrogens (tertiary/aromatic N) is 2. The number of esters is 1. The third kappa shape index (κ3) is 3.90. The van der Waals surface area contributed by atoms with Crippen molar-refractivity contribution in [3.63, 3.8) is 0 Å². The molecule has 21 heavy (non-hydrogen) atoms. The molecule has 0 bridgehead atoms. The van der Waals surface area contributed by atoms with E-state index in [1.807, 2.05) is 20.8 Å². The lowest BCUT2D eigenvalue weighted by Crippen LogP contribution is -2.28. The fourth-order valence-electron chi connectivity index (χ4n) is 2.06. The standard InChI is InChI=1S/C14H19FN2O4/c1-5-16(8-9(2)3)12-6-10(14(18)21-4)11(15)7-13(12)17(19)20/h6-7,9H,5,8H2,1-4H3. The van der Waals surface area contributed by atoms with Gasteiger partial charge in [0.2, 0.25) is 0 Å². The van der Waals surface area contributed by atoms with E-state index in [9.17, 15) is 19.3 Å². The Bertz CT molecular complexity index is 546. The van der Waals surface area contributed by atoms with Crippen LogP contribution in [0.3, 0.4) is 0 Å². The summed E-state index contributed by atoms with van der Waals surface area (Å²) < 4.78 is 18.3. The second-order valence-corrected chi connectivity index (χ2v) is 5.00. The van der Waals surface area contributed by atoms with E-state index in [4.69, 9.17) is 0 Å². The summed E-state index contributed by atoms with van der Waals surface area (Å²) in [6.07, 6.45) is 0. The maximum absolute atomic E-state index is 13.8. The van der Waals surface area contributed by atoms with Crippen molar-refractivity contribution in [2.45, 2.75) is 20.8 Å². The first kappa shape index (κ1) is 16.9. The van der Waals surface area contributed by atoms with E-state index in [-0.39, 0.29) is 22.9 Å². The Morgan fingerprint density at radius 1 is 1.48 bits per heavy atom. The molecule has 0 spiro atoms. The summed E-state index contributed by atoms with van der Waals surface area (Å²) in [4.78, 5) is 23.8. The van der Waals surface area contributed by atoms with Crippen molar-refractivity contribution in [3.05, 3.63) is 33.6 Å². The van der Waals surface area contributed by atoms with E-state index in [1.165, 1.54) is 6.07 Å². The van der Waals surface area contributed by atoms with Gasteiger partial charge in [0.1, 0.15) is 11.5 Å². The van der Waals surface area contributed by atoms with Crippen molar-refractivity contribution < 1.29 is 18.8 Å². The van der Waals surface area contributed by atoms with Crippen LogP contribution in [0.4, 0.5) is 15.8 Å². The first-order valence-corrected chi connectivity index (χ1v) is 6.63. The first-order valence-electron chi connectivity index (χ1n) is 6.63. The smallest absolute Gasteiger partial charge is 0.340 e. The number of ether oxygens (including phenoxy) is 1. The molecule has 0 N–H and O–H groups in total. The van der Waals surface area contributed by atoms with Crippen molar-refractivity contribution in [2.75, 3.05) is 25.1 Å². The van der Waals surface area contributed by atoms with Gasteiger partial charge in [0, 0.05) is 13.1 Å². The van der Waals surface area contributed by atoms with E-state index in [1.54, 1.807) is 4.90 Å². The molecule has 0 aliphatic carbocycles. The van der Waals surface area contributed by atoms with E-state index in [2.05, 4.69) is 4.74 Å². The molecule has 116 valence electrons. The lowest BCUT2D eigenvalue weighted by atomic mass is 10.1. The quantitative estimate of drug-likeness (QED) is 0.458. The molecule has 0 saturated heterocycles. The highest BCUT2D eigenvalue weighted by molar-refractivity contribution is 5.92. The molecule has 0 aliphatic rings. The zero-order chi connectivity index (χ0) is 16.2. The molecule has 1 aromatic carbocycles. The summed E-state index contributed by atoms with van der Waals surface area (Å²) in [7, 11) is 1.13. The van der Waals surface area contributed by atoms with Gasteiger partial charge in [0.25, 0.3) is 5.69 Å².